The number of hydrogen-bond acceptors (Lipinski definition) is 5. The summed E-state index contributed by atoms with van der Waals surface area (Å²) in [6, 6.07) is 0.229. The van der Waals surface area contributed by atoms with Gasteiger partial charge < -0.3 is 10.4 Å². The van der Waals surface area contributed by atoms with Crippen LogP contribution >= 0.6 is 0 Å². The first-order valence-electron chi connectivity index (χ1n) is 20.5. The molecule has 0 radical (unpaired) electrons. The lowest BCUT2D eigenvalue weighted by Crippen LogP contribution is -2.68. The maximum Gasteiger partial charge on any atom is 0.306 e. The highest BCUT2D eigenvalue weighted by Crippen LogP contribution is 2.76. The van der Waals surface area contributed by atoms with E-state index in [1.54, 1.807) is 0 Å². The summed E-state index contributed by atoms with van der Waals surface area (Å²) in [5.41, 5.74) is 5.47. The van der Waals surface area contributed by atoms with Crippen molar-refractivity contribution in [3.63, 3.8) is 0 Å². The summed E-state index contributed by atoms with van der Waals surface area (Å²) in [5, 5.41) is 13.7. The first kappa shape index (κ1) is 35.6. The molecule has 6 nitrogen and oxygen atoms in total. The number of nitrogens with zero attached hydrogens (tertiary/aromatic N) is 1. The van der Waals surface area contributed by atoms with Crippen molar-refractivity contribution in [1.29, 1.82) is 0 Å². The molecule has 12 atom stereocenters. The van der Waals surface area contributed by atoms with Gasteiger partial charge in [-0.05, 0) is 153 Å². The molecule has 2 saturated heterocycles. The molecule has 0 aromatic heterocycles. The number of likely N-dealkylation sites (tertiary alicyclic amines) is 1. The van der Waals surface area contributed by atoms with Crippen molar-refractivity contribution >= 4 is 15.8 Å². The fourth-order valence-electron chi connectivity index (χ4n) is 15.4. The van der Waals surface area contributed by atoms with Crippen LogP contribution in [0, 0.1) is 57.2 Å². The molecule has 0 aromatic carbocycles. The molecule has 8 aliphatic rings. The predicted molar refractivity (Wildman–Crippen MR) is 201 cm³/mol. The fraction of sp³-hybridized carbons (Fsp3) is 0.837. The normalized spacial score (nSPS) is 48.8. The van der Waals surface area contributed by atoms with Crippen LogP contribution in [0.25, 0.3) is 0 Å². The summed E-state index contributed by atoms with van der Waals surface area (Å²) >= 11 is 0. The molecule has 0 unspecified atom stereocenters. The van der Waals surface area contributed by atoms with Crippen LogP contribution in [-0.4, -0.2) is 66.6 Å². The Balaban J connectivity index is 1.04. The third-order valence-electron chi connectivity index (χ3n) is 18.0. The highest BCUT2D eigenvalue weighted by Gasteiger charge is 2.70. The van der Waals surface area contributed by atoms with Crippen molar-refractivity contribution in [2.45, 2.75) is 142 Å². The number of carboxylic acid groups (broad SMARTS) is 1. The zero-order valence-corrected chi connectivity index (χ0v) is 32.8. The number of fused-ring (bicyclic) bond motifs is 9. The van der Waals surface area contributed by atoms with Gasteiger partial charge in [0.05, 0.1) is 16.9 Å². The summed E-state index contributed by atoms with van der Waals surface area (Å²) in [5.74, 6) is 2.74. The molecular formula is C43H66N2O4S. The van der Waals surface area contributed by atoms with Gasteiger partial charge in [-0.3, -0.25) is 9.69 Å². The van der Waals surface area contributed by atoms with E-state index in [0.29, 0.717) is 52.6 Å². The van der Waals surface area contributed by atoms with Crippen LogP contribution < -0.4 is 5.32 Å². The Hall–Kier alpha value is -1.44. The molecule has 8 rings (SSSR count). The zero-order chi connectivity index (χ0) is 35.6. The quantitative estimate of drug-likeness (QED) is 0.260. The Morgan fingerprint density at radius 1 is 0.980 bits per heavy atom. The molecule has 2 bridgehead atoms. The summed E-state index contributed by atoms with van der Waals surface area (Å²) in [6.07, 6.45) is 19.5. The average Bonchev–Trinajstić information content (AvgIpc) is 3.72. The van der Waals surface area contributed by atoms with Crippen LogP contribution in [-0.2, 0) is 14.6 Å². The zero-order valence-electron chi connectivity index (χ0n) is 32.0. The molecule has 2 heterocycles. The van der Waals surface area contributed by atoms with E-state index >= 15 is 0 Å². The highest BCUT2D eigenvalue weighted by molar-refractivity contribution is 7.92. The van der Waals surface area contributed by atoms with E-state index in [-0.39, 0.29) is 33.6 Å². The molecule has 2 aliphatic heterocycles. The number of nitrogens with one attached hydrogen (secondary N) is 1. The van der Waals surface area contributed by atoms with Crippen LogP contribution in [0.15, 0.2) is 35.5 Å². The van der Waals surface area contributed by atoms with Crippen LogP contribution in [0.3, 0.4) is 0 Å². The molecular weight excluding hydrogens is 641 g/mol. The first-order chi connectivity index (χ1) is 23.5. The van der Waals surface area contributed by atoms with E-state index < -0.39 is 15.8 Å². The van der Waals surface area contributed by atoms with Gasteiger partial charge in [0.1, 0.15) is 0 Å². The molecule has 0 spiro atoms. The second kappa shape index (κ2) is 11.8. The molecule has 2 N–H and O–H groups in total. The smallest absolute Gasteiger partial charge is 0.306 e. The largest absolute Gasteiger partial charge is 0.481 e. The minimum atomic E-state index is -2.86. The SMILES string of the molecule is C=C(C)[C@@H]1CC[C@]2(NCCN3C[C@@H]4C[C@H]3CS4(=O)=O)CC[C@]3(C)[C@H](CC[C@@H]4[C@@]5(C)CC=C(C6=CC[C@@H](C(=O)O)CC6)C(C)(C)[C@@H]5CC[C@]43C)[C@@H]12. The second-order valence-electron chi connectivity index (χ2n) is 20.2. The highest BCUT2D eigenvalue weighted by atomic mass is 32.2. The van der Waals surface area contributed by atoms with Crippen molar-refractivity contribution in [2.24, 2.45) is 57.2 Å². The van der Waals surface area contributed by atoms with Crippen molar-refractivity contribution in [3.8, 4) is 0 Å². The summed E-state index contributed by atoms with van der Waals surface area (Å²) < 4.78 is 24.8. The monoisotopic (exact) mass is 706 g/mol. The van der Waals surface area contributed by atoms with Crippen molar-refractivity contribution in [1.82, 2.24) is 10.2 Å². The van der Waals surface area contributed by atoms with Crippen LogP contribution in [0.4, 0.5) is 0 Å². The maximum atomic E-state index is 12.4. The topological polar surface area (TPSA) is 86.7 Å². The van der Waals surface area contributed by atoms with E-state index in [2.05, 4.69) is 70.5 Å². The number of carbonyl (C=O) groups is 1. The van der Waals surface area contributed by atoms with Gasteiger partial charge in [-0.15, -0.1) is 0 Å². The average molecular weight is 707 g/mol. The van der Waals surface area contributed by atoms with E-state index in [9.17, 15) is 18.3 Å². The lowest BCUT2D eigenvalue weighted by molar-refractivity contribution is -0.221. The minimum Gasteiger partial charge on any atom is -0.481 e. The molecule has 0 aromatic rings. The Morgan fingerprint density at radius 3 is 2.40 bits per heavy atom. The number of hydrogen-bond donors (Lipinski definition) is 2. The molecule has 6 aliphatic carbocycles. The van der Waals surface area contributed by atoms with Gasteiger partial charge in [-0.2, -0.15) is 0 Å². The third kappa shape index (κ3) is 4.96. The maximum absolute atomic E-state index is 12.4. The molecule has 4 saturated carbocycles. The number of carboxylic acids is 1. The first-order valence-corrected chi connectivity index (χ1v) is 22.2. The summed E-state index contributed by atoms with van der Waals surface area (Å²) in [7, 11) is -2.86. The molecule has 0 amide bonds. The Morgan fingerprint density at radius 2 is 1.76 bits per heavy atom. The predicted octanol–water partition coefficient (Wildman–Crippen LogP) is 8.20. The van der Waals surface area contributed by atoms with Crippen LogP contribution in [0.1, 0.15) is 125 Å². The lowest BCUT2D eigenvalue weighted by atomic mass is 9.33. The van der Waals surface area contributed by atoms with Gasteiger partial charge in [-0.1, -0.05) is 58.9 Å². The minimum absolute atomic E-state index is 0.0924. The van der Waals surface area contributed by atoms with Crippen LogP contribution in [0.5, 0.6) is 0 Å². The van der Waals surface area contributed by atoms with Gasteiger partial charge in [-0.25, -0.2) is 8.42 Å². The molecule has 278 valence electrons. The van der Waals surface area contributed by atoms with Crippen molar-refractivity contribution in [3.05, 3.63) is 35.5 Å². The fourth-order valence-corrected chi connectivity index (χ4v) is 17.5. The molecule has 50 heavy (non-hydrogen) atoms. The standard InChI is InChI=1S/C43H66N2O4S/c1-27(2)32-14-19-43(44-22-23-45-25-31-24-30(45)26-50(31,48)49)21-20-41(6)34(37(32)43)12-13-36-40(5)17-15-33(28-8-10-29(11-9-28)38(46)47)39(3,4)35(40)16-18-42(36,41)7/h8,15,29-32,34-37,44H,1,9-14,16-26H2,2-7H3,(H,46,47)/t29-,30+,31+,32+,34-,35+,36-,37-,40+,41-,42-,43+/m1/s1. The lowest BCUT2D eigenvalue weighted by Gasteiger charge is -2.72. The van der Waals surface area contributed by atoms with Crippen LogP contribution in [0.2, 0.25) is 0 Å². The Bertz CT molecular complexity index is 1610. The van der Waals surface area contributed by atoms with Crippen molar-refractivity contribution in [2.75, 3.05) is 25.4 Å². The van der Waals surface area contributed by atoms with E-state index in [0.717, 1.165) is 45.3 Å². The van der Waals surface area contributed by atoms with E-state index in [1.165, 1.54) is 68.1 Å². The van der Waals surface area contributed by atoms with E-state index in [4.69, 9.17) is 0 Å². The number of sulfone groups is 1. The Labute approximate surface area is 303 Å². The summed E-state index contributed by atoms with van der Waals surface area (Å²) in [6.45, 7) is 22.7. The number of rotatable bonds is 7. The summed E-state index contributed by atoms with van der Waals surface area (Å²) in [4.78, 5) is 14.2. The Kier molecular flexibility index (Phi) is 8.38. The van der Waals surface area contributed by atoms with Gasteiger partial charge in [0.25, 0.3) is 0 Å². The van der Waals surface area contributed by atoms with Gasteiger partial charge >= 0.3 is 5.97 Å². The van der Waals surface area contributed by atoms with Gasteiger partial charge in [0.2, 0.25) is 0 Å². The van der Waals surface area contributed by atoms with Crippen molar-refractivity contribution < 1.29 is 18.3 Å². The molecule has 7 heteroatoms. The van der Waals surface area contributed by atoms with E-state index in [1.807, 2.05) is 0 Å². The third-order valence-corrected chi connectivity index (χ3v) is 20.3. The number of aliphatic carboxylic acids is 1. The molecule has 6 fully saturated rings. The number of allylic oxidation sites excluding steroid dienone is 5. The van der Waals surface area contributed by atoms with Gasteiger partial charge in [0, 0.05) is 31.2 Å². The second-order valence-corrected chi connectivity index (χ2v) is 22.5. The van der Waals surface area contributed by atoms with Gasteiger partial charge in [0.15, 0.2) is 9.84 Å².